The molecule has 3 unspecified atom stereocenters. The molecule has 0 spiro atoms. The summed E-state index contributed by atoms with van der Waals surface area (Å²) in [5.41, 5.74) is -0.979. The summed E-state index contributed by atoms with van der Waals surface area (Å²) in [6.07, 6.45) is 4.14. The van der Waals surface area contributed by atoms with Crippen molar-refractivity contribution < 1.29 is 19.4 Å². The lowest BCUT2D eigenvalue weighted by molar-refractivity contribution is -0.159. The summed E-state index contributed by atoms with van der Waals surface area (Å²) in [7, 11) is 0. The topological polar surface area (TPSA) is 66.8 Å². The zero-order valence-electron chi connectivity index (χ0n) is 12.4. The van der Waals surface area contributed by atoms with Gasteiger partial charge in [-0.3, -0.25) is 4.79 Å². The quantitative estimate of drug-likeness (QED) is 0.838. The van der Waals surface area contributed by atoms with Crippen LogP contribution in [0.5, 0.6) is 0 Å². The van der Waals surface area contributed by atoms with E-state index in [-0.39, 0.29) is 17.9 Å². The van der Waals surface area contributed by atoms with Crippen LogP contribution < -0.4 is 0 Å². The van der Waals surface area contributed by atoms with Gasteiger partial charge in [-0.15, -0.1) is 0 Å². The summed E-state index contributed by atoms with van der Waals surface area (Å²) in [6.45, 7) is 5.16. The predicted molar refractivity (Wildman–Crippen MR) is 74.4 cm³/mol. The van der Waals surface area contributed by atoms with Gasteiger partial charge in [-0.05, 0) is 32.1 Å². The van der Waals surface area contributed by atoms with E-state index in [9.17, 15) is 14.7 Å². The molecule has 3 atom stereocenters. The molecule has 5 heteroatoms. The second kappa shape index (κ2) is 6.12. The van der Waals surface area contributed by atoms with E-state index in [0.717, 1.165) is 25.7 Å². The Hall–Kier alpha value is -1.10. The zero-order chi connectivity index (χ0) is 14.8. The molecule has 20 heavy (non-hydrogen) atoms. The molecule has 0 aromatic heterocycles. The number of carbonyl (C=O) groups excluding carboxylic acids is 1. The number of rotatable bonds is 5. The van der Waals surface area contributed by atoms with E-state index in [1.807, 2.05) is 13.8 Å². The standard InChI is InChI=1S/C15H25NO4/c1-3-7-15(14(18)19)8-5-9-16(15)13(17)11-6-10-20-12(11)4-2/h11-12H,3-10H2,1-2H3,(H,18,19). The molecule has 2 rings (SSSR count). The van der Waals surface area contributed by atoms with Crippen molar-refractivity contribution in [3.63, 3.8) is 0 Å². The molecule has 1 N–H and O–H groups in total. The number of carbonyl (C=O) groups is 2. The highest BCUT2D eigenvalue weighted by Crippen LogP contribution is 2.37. The Bertz CT molecular complexity index is 384. The molecule has 0 saturated carbocycles. The lowest BCUT2D eigenvalue weighted by Gasteiger charge is -2.36. The van der Waals surface area contributed by atoms with Crippen LogP contribution in [-0.2, 0) is 14.3 Å². The van der Waals surface area contributed by atoms with Crippen LogP contribution in [0.25, 0.3) is 0 Å². The van der Waals surface area contributed by atoms with E-state index < -0.39 is 11.5 Å². The molecule has 2 aliphatic heterocycles. The maximum atomic E-state index is 12.8. The molecule has 0 aromatic rings. The van der Waals surface area contributed by atoms with Crippen molar-refractivity contribution in [2.75, 3.05) is 13.2 Å². The van der Waals surface area contributed by atoms with E-state index >= 15 is 0 Å². The van der Waals surface area contributed by atoms with Gasteiger partial charge in [0.05, 0.1) is 12.0 Å². The van der Waals surface area contributed by atoms with Gasteiger partial charge in [-0.25, -0.2) is 4.79 Å². The normalized spacial score (nSPS) is 33.6. The van der Waals surface area contributed by atoms with E-state index in [2.05, 4.69) is 0 Å². The first kappa shape index (κ1) is 15.3. The number of carboxylic acids is 1. The van der Waals surface area contributed by atoms with Gasteiger partial charge in [0.15, 0.2) is 0 Å². The van der Waals surface area contributed by atoms with Gasteiger partial charge in [0.1, 0.15) is 5.54 Å². The van der Waals surface area contributed by atoms with E-state index in [0.29, 0.717) is 26.0 Å². The Labute approximate surface area is 120 Å². The second-order valence-corrected chi connectivity index (χ2v) is 5.89. The minimum absolute atomic E-state index is 0.0114. The maximum Gasteiger partial charge on any atom is 0.329 e. The fourth-order valence-corrected chi connectivity index (χ4v) is 3.74. The molecule has 5 nitrogen and oxygen atoms in total. The lowest BCUT2D eigenvalue weighted by Crippen LogP contribution is -2.55. The number of aliphatic carboxylic acids is 1. The molecule has 2 saturated heterocycles. The van der Waals surface area contributed by atoms with Gasteiger partial charge < -0.3 is 14.7 Å². The number of likely N-dealkylation sites (tertiary alicyclic amines) is 1. The Morgan fingerprint density at radius 1 is 1.40 bits per heavy atom. The van der Waals surface area contributed by atoms with E-state index in [1.165, 1.54) is 0 Å². The van der Waals surface area contributed by atoms with Gasteiger partial charge in [-0.2, -0.15) is 0 Å². The largest absolute Gasteiger partial charge is 0.479 e. The van der Waals surface area contributed by atoms with Crippen molar-refractivity contribution in [1.29, 1.82) is 0 Å². The first-order chi connectivity index (χ1) is 9.56. The minimum Gasteiger partial charge on any atom is -0.479 e. The van der Waals surface area contributed by atoms with Crippen molar-refractivity contribution in [3.8, 4) is 0 Å². The summed E-state index contributed by atoms with van der Waals surface area (Å²) in [5.74, 6) is -1.02. The molecule has 1 amide bonds. The Kier molecular flexibility index (Phi) is 4.68. The molecule has 2 aliphatic rings. The monoisotopic (exact) mass is 283 g/mol. The van der Waals surface area contributed by atoms with Crippen molar-refractivity contribution in [1.82, 2.24) is 4.90 Å². The molecule has 0 aliphatic carbocycles. The van der Waals surface area contributed by atoms with Crippen LogP contribution in [0.15, 0.2) is 0 Å². The molecule has 114 valence electrons. The maximum absolute atomic E-state index is 12.8. The number of amides is 1. The van der Waals surface area contributed by atoms with Crippen LogP contribution in [0.1, 0.15) is 52.4 Å². The highest BCUT2D eigenvalue weighted by Gasteiger charge is 2.51. The third kappa shape index (κ3) is 2.43. The molecule has 2 fully saturated rings. The van der Waals surface area contributed by atoms with Crippen molar-refractivity contribution in [2.24, 2.45) is 5.92 Å². The van der Waals surface area contributed by atoms with Crippen molar-refractivity contribution >= 4 is 11.9 Å². The number of hydrogen-bond donors (Lipinski definition) is 1. The molecular formula is C15H25NO4. The lowest BCUT2D eigenvalue weighted by atomic mass is 9.88. The molecule has 0 radical (unpaired) electrons. The predicted octanol–water partition coefficient (Wildman–Crippen LogP) is 2.05. The third-order valence-electron chi connectivity index (χ3n) is 4.75. The first-order valence-corrected chi connectivity index (χ1v) is 7.73. The number of ether oxygens (including phenoxy) is 1. The van der Waals surface area contributed by atoms with Crippen LogP contribution >= 0.6 is 0 Å². The second-order valence-electron chi connectivity index (χ2n) is 5.89. The first-order valence-electron chi connectivity index (χ1n) is 7.73. The van der Waals surface area contributed by atoms with Gasteiger partial charge in [0.25, 0.3) is 0 Å². The summed E-state index contributed by atoms with van der Waals surface area (Å²) in [6, 6.07) is 0. The van der Waals surface area contributed by atoms with E-state index in [4.69, 9.17) is 4.74 Å². The molecule has 0 aromatic carbocycles. The summed E-state index contributed by atoms with van der Waals surface area (Å²) in [5, 5.41) is 9.65. The highest BCUT2D eigenvalue weighted by atomic mass is 16.5. The zero-order valence-corrected chi connectivity index (χ0v) is 12.4. The number of carboxylic acid groups (broad SMARTS) is 1. The van der Waals surface area contributed by atoms with Crippen LogP contribution in [-0.4, -0.2) is 46.7 Å². The van der Waals surface area contributed by atoms with E-state index in [1.54, 1.807) is 4.90 Å². The average Bonchev–Trinajstić information content (AvgIpc) is 3.05. The molecule has 0 bridgehead atoms. The third-order valence-corrected chi connectivity index (χ3v) is 4.75. The summed E-state index contributed by atoms with van der Waals surface area (Å²) in [4.78, 5) is 26.2. The van der Waals surface area contributed by atoms with Crippen LogP contribution in [0.4, 0.5) is 0 Å². The Morgan fingerprint density at radius 2 is 2.15 bits per heavy atom. The summed E-state index contributed by atoms with van der Waals surface area (Å²) >= 11 is 0. The van der Waals surface area contributed by atoms with Crippen LogP contribution in [0.3, 0.4) is 0 Å². The van der Waals surface area contributed by atoms with Crippen molar-refractivity contribution in [3.05, 3.63) is 0 Å². The fraction of sp³-hybridized carbons (Fsp3) is 0.867. The van der Waals surface area contributed by atoms with Gasteiger partial charge >= 0.3 is 5.97 Å². The number of nitrogens with zero attached hydrogens (tertiary/aromatic N) is 1. The van der Waals surface area contributed by atoms with Gasteiger partial charge in [-0.1, -0.05) is 20.3 Å². The van der Waals surface area contributed by atoms with Crippen molar-refractivity contribution in [2.45, 2.75) is 64.0 Å². The minimum atomic E-state index is -0.979. The average molecular weight is 283 g/mol. The Balaban J connectivity index is 2.21. The van der Waals surface area contributed by atoms with Crippen LogP contribution in [0, 0.1) is 5.92 Å². The summed E-state index contributed by atoms with van der Waals surface area (Å²) < 4.78 is 5.59. The fourth-order valence-electron chi connectivity index (χ4n) is 3.74. The molecular weight excluding hydrogens is 258 g/mol. The SMILES string of the molecule is CCCC1(C(=O)O)CCCN1C(=O)C1CCOC1CC. The smallest absolute Gasteiger partial charge is 0.329 e. The Morgan fingerprint density at radius 3 is 2.75 bits per heavy atom. The highest BCUT2D eigenvalue weighted by molar-refractivity contribution is 5.89. The van der Waals surface area contributed by atoms with Gasteiger partial charge in [0.2, 0.25) is 5.91 Å². The molecule has 2 heterocycles. The number of hydrogen-bond acceptors (Lipinski definition) is 3. The van der Waals surface area contributed by atoms with Crippen LogP contribution in [0.2, 0.25) is 0 Å². The van der Waals surface area contributed by atoms with Gasteiger partial charge in [0, 0.05) is 13.2 Å².